The molecule has 0 aliphatic carbocycles. The Kier molecular flexibility index (Phi) is 3.45. The van der Waals surface area contributed by atoms with Gasteiger partial charge in [0, 0.05) is 24.3 Å². The third-order valence-electron chi connectivity index (χ3n) is 6.01. The minimum atomic E-state index is -1.14. The van der Waals surface area contributed by atoms with E-state index in [2.05, 4.69) is 10.6 Å². The third-order valence-corrected chi connectivity index (χ3v) is 6.01. The van der Waals surface area contributed by atoms with Gasteiger partial charge >= 0.3 is 0 Å². The summed E-state index contributed by atoms with van der Waals surface area (Å²) >= 11 is 0. The van der Waals surface area contributed by atoms with Crippen LogP contribution < -0.4 is 10.6 Å². The zero-order valence-electron chi connectivity index (χ0n) is 14.6. The summed E-state index contributed by atoms with van der Waals surface area (Å²) in [4.78, 5) is 40.4. The fourth-order valence-corrected chi connectivity index (χ4v) is 4.73. The van der Waals surface area contributed by atoms with Gasteiger partial charge in [-0.15, -0.1) is 0 Å². The van der Waals surface area contributed by atoms with E-state index in [0.29, 0.717) is 25.2 Å². The highest BCUT2D eigenvalue weighted by atomic mass is 16.2. The van der Waals surface area contributed by atoms with Gasteiger partial charge in [-0.3, -0.25) is 24.6 Å². The van der Waals surface area contributed by atoms with Gasteiger partial charge in [0.25, 0.3) is 0 Å². The fourth-order valence-electron chi connectivity index (χ4n) is 4.73. The van der Waals surface area contributed by atoms with Gasteiger partial charge < -0.3 is 5.32 Å². The van der Waals surface area contributed by atoms with E-state index in [0.717, 1.165) is 11.1 Å². The third kappa shape index (κ3) is 2.13. The molecule has 2 N–H and O–H groups in total. The molecule has 0 saturated carbocycles. The molecule has 2 aromatic rings. The molecule has 2 fully saturated rings. The predicted molar refractivity (Wildman–Crippen MR) is 98.6 cm³/mol. The van der Waals surface area contributed by atoms with Crippen molar-refractivity contribution in [3.63, 3.8) is 0 Å². The lowest BCUT2D eigenvalue weighted by atomic mass is 9.77. The number of carbonyl (C=O) groups is 3. The highest BCUT2D eigenvalue weighted by Crippen LogP contribution is 2.50. The monoisotopic (exact) mass is 361 g/mol. The number of nitrogens with one attached hydrogen (secondary N) is 2. The zero-order chi connectivity index (χ0) is 18.6. The lowest BCUT2D eigenvalue weighted by Gasteiger charge is -2.28. The zero-order valence-corrected chi connectivity index (χ0v) is 14.6. The van der Waals surface area contributed by atoms with Gasteiger partial charge in [-0.25, -0.2) is 0 Å². The number of nitrogens with zero attached hydrogens (tertiary/aromatic N) is 1. The maximum Gasteiger partial charge on any atom is 0.250 e. The molecule has 5 rings (SSSR count). The number of likely N-dealkylation sites (tertiary alicyclic amines) is 1. The Morgan fingerprint density at radius 3 is 2.52 bits per heavy atom. The second-order valence-electron chi connectivity index (χ2n) is 7.34. The highest BCUT2D eigenvalue weighted by molar-refractivity contribution is 6.14. The van der Waals surface area contributed by atoms with Gasteiger partial charge in [0.15, 0.2) is 0 Å². The number of imide groups is 1. The summed E-state index contributed by atoms with van der Waals surface area (Å²) in [5.74, 6) is -1.86. The Hall–Kier alpha value is -2.99. The van der Waals surface area contributed by atoms with Crippen molar-refractivity contribution in [1.82, 2.24) is 10.2 Å². The standard InChI is InChI=1S/C21H19N3O3/c25-18-14-12-22-21(15-8-4-5-9-16(15)23-20(21)27)17(14)19(26)24(18)11-10-13-6-2-1-3-7-13/h1-9,14,17,22H,10-12H2,(H,23,27)/t14-,17-,21+/m1/s1. The summed E-state index contributed by atoms with van der Waals surface area (Å²) in [6.45, 7) is 0.673. The van der Waals surface area contributed by atoms with Crippen LogP contribution in [-0.2, 0) is 26.3 Å². The minimum Gasteiger partial charge on any atom is -0.324 e. The van der Waals surface area contributed by atoms with Crippen molar-refractivity contribution >= 4 is 23.4 Å². The van der Waals surface area contributed by atoms with Crippen LogP contribution in [0, 0.1) is 11.8 Å². The van der Waals surface area contributed by atoms with Crippen molar-refractivity contribution in [3.05, 3.63) is 65.7 Å². The van der Waals surface area contributed by atoms with E-state index >= 15 is 0 Å². The van der Waals surface area contributed by atoms with Gasteiger partial charge in [0.05, 0.1) is 11.8 Å². The average molecular weight is 361 g/mol. The molecular weight excluding hydrogens is 342 g/mol. The molecule has 0 radical (unpaired) electrons. The number of carbonyl (C=O) groups excluding carboxylic acids is 3. The van der Waals surface area contributed by atoms with Gasteiger partial charge in [-0.2, -0.15) is 0 Å². The first-order valence-electron chi connectivity index (χ1n) is 9.18. The number of benzene rings is 2. The first-order valence-corrected chi connectivity index (χ1v) is 9.18. The van der Waals surface area contributed by atoms with E-state index in [9.17, 15) is 14.4 Å². The molecule has 0 aromatic heterocycles. The summed E-state index contributed by atoms with van der Waals surface area (Å²) < 4.78 is 0. The van der Waals surface area contributed by atoms with Gasteiger partial charge in [-0.05, 0) is 18.1 Å². The maximum absolute atomic E-state index is 13.2. The molecule has 6 nitrogen and oxygen atoms in total. The Morgan fingerprint density at radius 1 is 0.963 bits per heavy atom. The molecule has 27 heavy (non-hydrogen) atoms. The molecule has 2 aromatic carbocycles. The Balaban J connectivity index is 1.47. The molecule has 0 bridgehead atoms. The first-order chi connectivity index (χ1) is 13.1. The quantitative estimate of drug-likeness (QED) is 0.808. The number of para-hydroxylation sites is 1. The number of anilines is 1. The summed E-state index contributed by atoms with van der Waals surface area (Å²) in [6.07, 6.45) is 0.612. The fraction of sp³-hybridized carbons (Fsp3) is 0.286. The van der Waals surface area contributed by atoms with E-state index in [1.807, 2.05) is 54.6 Å². The van der Waals surface area contributed by atoms with Crippen LogP contribution in [0.5, 0.6) is 0 Å². The smallest absolute Gasteiger partial charge is 0.250 e. The molecule has 3 heterocycles. The van der Waals surface area contributed by atoms with Crippen molar-refractivity contribution in [2.75, 3.05) is 18.4 Å². The van der Waals surface area contributed by atoms with Crippen molar-refractivity contribution in [2.45, 2.75) is 12.0 Å². The van der Waals surface area contributed by atoms with Crippen LogP contribution in [0.25, 0.3) is 0 Å². The van der Waals surface area contributed by atoms with Crippen molar-refractivity contribution in [3.8, 4) is 0 Å². The van der Waals surface area contributed by atoms with E-state index in [-0.39, 0.29) is 17.7 Å². The molecule has 136 valence electrons. The van der Waals surface area contributed by atoms with Crippen LogP contribution in [0.4, 0.5) is 5.69 Å². The van der Waals surface area contributed by atoms with Gasteiger partial charge in [-0.1, -0.05) is 48.5 Å². The Labute approximate surface area is 156 Å². The van der Waals surface area contributed by atoms with Crippen LogP contribution in [0.1, 0.15) is 11.1 Å². The Bertz CT molecular complexity index is 958. The number of hydrogen-bond donors (Lipinski definition) is 2. The van der Waals surface area contributed by atoms with E-state index in [1.165, 1.54) is 4.90 Å². The lowest BCUT2D eigenvalue weighted by molar-refractivity contribution is -0.142. The highest BCUT2D eigenvalue weighted by Gasteiger charge is 2.67. The first kappa shape index (κ1) is 16.2. The predicted octanol–water partition coefficient (Wildman–Crippen LogP) is 1.28. The van der Waals surface area contributed by atoms with Crippen LogP contribution >= 0.6 is 0 Å². The molecule has 3 aliphatic rings. The molecule has 3 amide bonds. The molecule has 6 heteroatoms. The van der Waals surface area contributed by atoms with E-state index in [4.69, 9.17) is 0 Å². The van der Waals surface area contributed by atoms with Crippen molar-refractivity contribution < 1.29 is 14.4 Å². The summed E-state index contributed by atoms with van der Waals surface area (Å²) in [7, 11) is 0. The molecule has 2 saturated heterocycles. The van der Waals surface area contributed by atoms with E-state index < -0.39 is 17.4 Å². The molecule has 3 atom stereocenters. The summed E-state index contributed by atoms with van der Waals surface area (Å²) in [6, 6.07) is 17.2. The molecule has 3 aliphatic heterocycles. The van der Waals surface area contributed by atoms with Crippen molar-refractivity contribution in [2.24, 2.45) is 11.8 Å². The van der Waals surface area contributed by atoms with Crippen LogP contribution in [-0.4, -0.2) is 35.7 Å². The second-order valence-corrected chi connectivity index (χ2v) is 7.34. The summed E-state index contributed by atoms with van der Waals surface area (Å²) in [5, 5.41) is 6.08. The van der Waals surface area contributed by atoms with E-state index in [1.54, 1.807) is 0 Å². The molecular formula is C21H19N3O3. The SMILES string of the molecule is O=C1[C@@H]2CN[C@]3(C(=O)Nc4ccccc43)[C@H]2C(=O)N1CCc1ccccc1. The number of rotatable bonds is 3. The van der Waals surface area contributed by atoms with Crippen molar-refractivity contribution in [1.29, 1.82) is 0 Å². The normalized spacial score (nSPS) is 28.6. The summed E-state index contributed by atoms with van der Waals surface area (Å²) in [5.41, 5.74) is 1.40. The second kappa shape index (κ2) is 5.76. The maximum atomic E-state index is 13.2. The largest absolute Gasteiger partial charge is 0.324 e. The average Bonchev–Trinajstić information content (AvgIpc) is 3.29. The number of amides is 3. The van der Waals surface area contributed by atoms with Gasteiger partial charge in [0.1, 0.15) is 5.54 Å². The number of fused-ring (bicyclic) bond motifs is 4. The number of hydrogen-bond acceptors (Lipinski definition) is 4. The lowest BCUT2D eigenvalue weighted by Crippen LogP contribution is -2.51. The topological polar surface area (TPSA) is 78.5 Å². The molecule has 0 unspecified atom stereocenters. The van der Waals surface area contributed by atoms with Crippen LogP contribution in [0.3, 0.4) is 0 Å². The minimum absolute atomic E-state index is 0.178. The molecule has 1 spiro atoms. The Morgan fingerprint density at radius 2 is 1.70 bits per heavy atom. The van der Waals surface area contributed by atoms with Crippen LogP contribution in [0.2, 0.25) is 0 Å². The van der Waals surface area contributed by atoms with Crippen LogP contribution in [0.15, 0.2) is 54.6 Å². The van der Waals surface area contributed by atoms with Gasteiger partial charge in [0.2, 0.25) is 17.7 Å².